The second-order valence-corrected chi connectivity index (χ2v) is 22.1. The van der Waals surface area contributed by atoms with Crippen molar-refractivity contribution >= 4 is 70.4 Å². The van der Waals surface area contributed by atoms with Crippen molar-refractivity contribution in [2.24, 2.45) is 0 Å². The minimum absolute atomic E-state index is 0.558. The first-order valence-corrected chi connectivity index (χ1v) is 27.6. The van der Waals surface area contributed by atoms with Crippen LogP contribution in [0.2, 0.25) is 0 Å². The van der Waals surface area contributed by atoms with Gasteiger partial charge in [-0.2, -0.15) is 0 Å². The summed E-state index contributed by atoms with van der Waals surface area (Å²) in [7, 11) is 0. The van der Waals surface area contributed by atoms with Gasteiger partial charge >= 0.3 is 0 Å². The maximum atomic E-state index is 2.56. The van der Waals surface area contributed by atoms with Gasteiger partial charge in [-0.15, -0.1) is 11.3 Å². The molecule has 0 N–H and O–H groups in total. The van der Waals surface area contributed by atoms with E-state index < -0.39 is 10.8 Å². The van der Waals surface area contributed by atoms with Crippen molar-refractivity contribution in [1.82, 2.24) is 4.57 Å². The third-order valence-electron chi connectivity index (χ3n) is 17.5. The molecule has 3 aliphatic rings. The molecular formula is C74H46N2S. The van der Waals surface area contributed by atoms with Crippen molar-refractivity contribution in [1.29, 1.82) is 0 Å². The van der Waals surface area contributed by atoms with Crippen LogP contribution in [-0.4, -0.2) is 4.57 Å². The van der Waals surface area contributed by atoms with Gasteiger partial charge in [-0.05, 0) is 133 Å². The van der Waals surface area contributed by atoms with E-state index in [1.54, 1.807) is 0 Å². The largest absolute Gasteiger partial charge is 0.310 e. The Morgan fingerprint density at radius 2 is 0.896 bits per heavy atom. The minimum atomic E-state index is -0.608. The molecule has 17 rings (SSSR count). The topological polar surface area (TPSA) is 8.17 Å². The normalized spacial score (nSPS) is 15.2. The summed E-state index contributed by atoms with van der Waals surface area (Å²) in [5.74, 6) is 0. The van der Waals surface area contributed by atoms with Gasteiger partial charge in [0.15, 0.2) is 0 Å². The summed E-state index contributed by atoms with van der Waals surface area (Å²) in [6.45, 7) is 0. The molecular weight excluding hydrogens is 949 g/mol. The quantitative estimate of drug-likeness (QED) is 0.161. The molecule has 1 spiro atoms. The minimum Gasteiger partial charge on any atom is -0.310 e. The van der Waals surface area contributed by atoms with Crippen LogP contribution < -0.4 is 4.90 Å². The van der Waals surface area contributed by atoms with Gasteiger partial charge < -0.3 is 9.47 Å². The average molecular weight is 995 g/mol. The zero-order valence-corrected chi connectivity index (χ0v) is 42.7. The summed E-state index contributed by atoms with van der Waals surface area (Å²) in [5.41, 5.74) is 23.6. The lowest BCUT2D eigenvalue weighted by Crippen LogP contribution is -2.33. The highest BCUT2D eigenvalue weighted by molar-refractivity contribution is 7.25. The summed E-state index contributed by atoms with van der Waals surface area (Å²) < 4.78 is 5.17. The van der Waals surface area contributed by atoms with Crippen LogP contribution >= 0.6 is 11.3 Å². The number of aromatic nitrogens is 1. The zero-order valence-electron chi connectivity index (χ0n) is 41.9. The van der Waals surface area contributed by atoms with E-state index in [-0.39, 0.29) is 0 Å². The molecule has 3 heterocycles. The number of rotatable bonds is 6. The Hall–Kier alpha value is -9.54. The molecule has 0 saturated carbocycles. The highest BCUT2D eigenvalue weighted by Gasteiger charge is 2.52. The van der Waals surface area contributed by atoms with Crippen molar-refractivity contribution in [3.63, 3.8) is 0 Å². The number of hydrogen-bond donors (Lipinski definition) is 0. The maximum Gasteiger partial charge on any atom is 0.0755 e. The van der Waals surface area contributed by atoms with Gasteiger partial charge in [-0.3, -0.25) is 0 Å². The van der Waals surface area contributed by atoms with Crippen LogP contribution in [0.25, 0.3) is 81.0 Å². The molecule has 1 atom stereocenters. The maximum absolute atomic E-state index is 2.56. The molecule has 77 heavy (non-hydrogen) atoms. The molecule has 0 fully saturated rings. The number of para-hydroxylation sites is 3. The lowest BCUT2D eigenvalue weighted by atomic mass is 9.65. The number of fused-ring (bicyclic) bond motifs is 18. The van der Waals surface area contributed by atoms with E-state index in [0.29, 0.717) is 0 Å². The number of thiophene rings is 1. The van der Waals surface area contributed by atoms with Crippen LogP contribution in [0.4, 0.5) is 17.1 Å². The molecule has 2 nitrogen and oxygen atoms in total. The van der Waals surface area contributed by atoms with Crippen LogP contribution in [0, 0.1) is 0 Å². The molecule has 2 aliphatic carbocycles. The first-order chi connectivity index (χ1) is 38.2. The average Bonchev–Trinajstić information content (AvgIpc) is 4.40. The fourth-order valence-corrected chi connectivity index (χ4v) is 15.6. The lowest BCUT2D eigenvalue weighted by molar-refractivity contribution is 0.748. The van der Waals surface area contributed by atoms with E-state index in [2.05, 4.69) is 289 Å². The van der Waals surface area contributed by atoms with Crippen molar-refractivity contribution in [2.75, 3.05) is 4.90 Å². The summed E-state index contributed by atoms with van der Waals surface area (Å²) in [6, 6.07) is 105. The third kappa shape index (κ3) is 5.63. The van der Waals surface area contributed by atoms with Gasteiger partial charge in [0.05, 0.1) is 33.2 Å². The first kappa shape index (κ1) is 42.8. The molecule has 358 valence electrons. The number of anilines is 3. The highest BCUT2D eigenvalue weighted by atomic mass is 32.1. The second kappa shape index (κ2) is 16.0. The molecule has 0 saturated heterocycles. The first-order valence-electron chi connectivity index (χ1n) is 26.7. The number of nitrogens with zero attached hydrogens (tertiary/aromatic N) is 2. The summed E-state index contributed by atoms with van der Waals surface area (Å²) >= 11 is 1.87. The van der Waals surface area contributed by atoms with Crippen LogP contribution in [0.5, 0.6) is 0 Å². The van der Waals surface area contributed by atoms with Crippen LogP contribution in [0.1, 0.15) is 44.5 Å². The van der Waals surface area contributed by atoms with Crippen molar-refractivity contribution in [2.45, 2.75) is 10.8 Å². The van der Waals surface area contributed by atoms with E-state index in [1.807, 2.05) is 11.3 Å². The standard InChI is InChI=1S/C74H46N2S/c1-3-19-49(20-4-1)73(50-21-5-2-6-22-50)61-29-12-8-26-58(61)71-63(73)31-18-35-68(71)75(51-40-37-47(38-41-51)48-39-44-70-59(45-48)56-25-10-16-36-69(56)77-70)52-42-43-54-53-23-7-11-28-60(53)74(65(54)46-52)62-30-13-15-34-67(62)76-66-33-14-9-24-55(66)57-27-17-32-64(74)72(57)76/h1-46H. The van der Waals surface area contributed by atoms with Gasteiger partial charge in [0.2, 0.25) is 0 Å². The predicted octanol–water partition coefficient (Wildman–Crippen LogP) is 19.3. The number of hydrogen-bond acceptors (Lipinski definition) is 2. The lowest BCUT2D eigenvalue weighted by Gasteiger charge is -2.40. The van der Waals surface area contributed by atoms with Crippen molar-refractivity contribution in [3.05, 3.63) is 324 Å². The SMILES string of the molecule is c1ccc(C2(c3ccccc3)c3ccccc3-c3c(N(c4ccc(-c5ccc6sc7ccccc7c6c5)cc4)c4ccc5c(c4)C4(c6ccccc6-5)c5ccccc5-n5c6ccccc6c6cccc4c65)cccc32)cc1. The van der Waals surface area contributed by atoms with Gasteiger partial charge in [0.1, 0.15) is 0 Å². The van der Waals surface area contributed by atoms with Gasteiger partial charge in [0, 0.05) is 47.9 Å². The van der Waals surface area contributed by atoms with Gasteiger partial charge in [0.25, 0.3) is 0 Å². The fraction of sp³-hybridized carbons (Fsp3) is 0.0270. The molecule has 0 amide bonds. The van der Waals surface area contributed by atoms with Crippen molar-refractivity contribution in [3.8, 4) is 39.1 Å². The van der Waals surface area contributed by atoms with Gasteiger partial charge in [-0.1, -0.05) is 218 Å². The molecule has 0 bridgehead atoms. The predicted molar refractivity (Wildman–Crippen MR) is 322 cm³/mol. The van der Waals surface area contributed by atoms with E-state index in [9.17, 15) is 0 Å². The highest BCUT2D eigenvalue weighted by Crippen LogP contribution is 2.63. The Labute approximate surface area is 450 Å². The molecule has 1 unspecified atom stereocenters. The van der Waals surface area contributed by atoms with E-state index in [0.717, 1.165) is 17.1 Å². The van der Waals surface area contributed by atoms with Crippen molar-refractivity contribution < 1.29 is 0 Å². The van der Waals surface area contributed by atoms with Gasteiger partial charge in [-0.25, -0.2) is 0 Å². The molecule has 14 aromatic rings. The summed E-state index contributed by atoms with van der Waals surface area (Å²) in [5, 5.41) is 5.17. The Balaban J connectivity index is 0.943. The van der Waals surface area contributed by atoms with Crippen LogP contribution in [-0.2, 0) is 10.8 Å². The molecule has 1 aliphatic heterocycles. The van der Waals surface area contributed by atoms with E-state index >= 15 is 0 Å². The Morgan fingerprint density at radius 3 is 1.70 bits per heavy atom. The summed E-state index contributed by atoms with van der Waals surface area (Å²) in [6.07, 6.45) is 0. The zero-order chi connectivity index (χ0) is 50.4. The Kier molecular flexibility index (Phi) is 8.88. The monoisotopic (exact) mass is 994 g/mol. The molecule has 2 aromatic heterocycles. The molecule has 3 heteroatoms. The Bertz CT molecular complexity index is 4710. The van der Waals surface area contributed by atoms with E-state index in [4.69, 9.17) is 0 Å². The smallest absolute Gasteiger partial charge is 0.0755 e. The van der Waals surface area contributed by atoms with E-state index in [1.165, 1.54) is 126 Å². The molecule has 12 aromatic carbocycles. The fourth-order valence-electron chi connectivity index (χ4n) is 14.5. The Morgan fingerprint density at radius 1 is 0.325 bits per heavy atom. The number of benzene rings is 12. The van der Waals surface area contributed by atoms with Crippen LogP contribution in [0.15, 0.2) is 279 Å². The van der Waals surface area contributed by atoms with Crippen LogP contribution in [0.3, 0.4) is 0 Å². The summed E-state index contributed by atoms with van der Waals surface area (Å²) in [4.78, 5) is 2.56. The second-order valence-electron chi connectivity index (χ2n) is 21.0. The third-order valence-corrected chi connectivity index (χ3v) is 18.6. The molecule has 0 radical (unpaired) electrons.